The largest absolute Gasteiger partial charge is 0.481 e. The van der Waals surface area contributed by atoms with Gasteiger partial charge in [0.2, 0.25) is 0 Å². The van der Waals surface area contributed by atoms with E-state index in [1.807, 2.05) is 0 Å². The maximum Gasteiger partial charge on any atom is 0.310 e. The maximum atomic E-state index is 12.9. The molecule has 0 aromatic heterocycles. The number of carboxylic acids is 1. The second kappa shape index (κ2) is 9.64. The summed E-state index contributed by atoms with van der Waals surface area (Å²) in [5.41, 5.74) is 1.35. The molecule has 4 saturated carbocycles. The van der Waals surface area contributed by atoms with Crippen molar-refractivity contribution in [2.75, 3.05) is 0 Å². The Bertz CT molecular complexity index is 1120. The van der Waals surface area contributed by atoms with E-state index >= 15 is 0 Å². The number of carboxylic acid groups (broad SMARTS) is 1. The minimum absolute atomic E-state index is 0.0332. The lowest BCUT2D eigenvalue weighted by Gasteiger charge is -2.71. The van der Waals surface area contributed by atoms with Crippen LogP contribution < -0.4 is 0 Å². The second-order valence-corrected chi connectivity index (χ2v) is 16.6. The molecule has 4 fully saturated rings. The molecule has 0 aromatic carbocycles. The lowest BCUT2D eigenvalue weighted by molar-refractivity contribution is -0.213. The first-order valence-electron chi connectivity index (χ1n) is 16.1. The third kappa shape index (κ3) is 4.14. The first-order valence-corrected chi connectivity index (χ1v) is 16.1. The van der Waals surface area contributed by atoms with Gasteiger partial charge in [-0.25, -0.2) is 0 Å². The van der Waals surface area contributed by atoms with Gasteiger partial charge in [-0.15, -0.1) is 12.3 Å². The molecule has 8 atom stereocenters. The highest BCUT2D eigenvalue weighted by Crippen LogP contribution is 2.75. The number of carbonyl (C=O) groups is 2. The first-order chi connectivity index (χ1) is 18.6. The lowest BCUT2D eigenvalue weighted by atomic mass is 9.33. The molecule has 5 aliphatic rings. The predicted octanol–water partition coefficient (Wildman–Crippen LogP) is 8.59. The van der Waals surface area contributed by atoms with Crippen LogP contribution in [0, 0.1) is 62.6 Å². The summed E-state index contributed by atoms with van der Waals surface area (Å²) in [6, 6.07) is 0. The van der Waals surface area contributed by atoms with Crippen LogP contribution in [0.15, 0.2) is 11.6 Å². The average molecular weight is 551 g/mol. The summed E-state index contributed by atoms with van der Waals surface area (Å²) < 4.78 is 6.15. The van der Waals surface area contributed by atoms with Gasteiger partial charge in [0.05, 0.1) is 5.41 Å². The monoisotopic (exact) mass is 550 g/mol. The highest BCUT2D eigenvalue weighted by Gasteiger charge is 2.69. The van der Waals surface area contributed by atoms with Crippen LogP contribution >= 0.6 is 0 Å². The van der Waals surface area contributed by atoms with Crippen molar-refractivity contribution in [1.29, 1.82) is 0 Å². The fraction of sp³-hybridized carbons (Fsp3) is 0.833. The fourth-order valence-corrected chi connectivity index (χ4v) is 11.4. The number of rotatable bonds is 5. The van der Waals surface area contributed by atoms with E-state index < -0.39 is 11.4 Å². The van der Waals surface area contributed by atoms with E-state index in [4.69, 9.17) is 11.2 Å². The van der Waals surface area contributed by atoms with Crippen LogP contribution in [-0.4, -0.2) is 23.1 Å². The zero-order valence-corrected chi connectivity index (χ0v) is 26.3. The number of unbranched alkanes of at least 4 members (excludes halogenated alkanes) is 1. The molecule has 4 nitrogen and oxygen atoms in total. The third-order valence-electron chi connectivity index (χ3n) is 14.0. The molecule has 5 aliphatic carbocycles. The van der Waals surface area contributed by atoms with Crippen molar-refractivity contribution in [2.24, 2.45) is 50.2 Å². The third-order valence-corrected chi connectivity index (χ3v) is 14.0. The number of hydrogen-bond donors (Lipinski definition) is 1. The summed E-state index contributed by atoms with van der Waals surface area (Å²) in [5, 5.41) is 10.6. The van der Waals surface area contributed by atoms with Gasteiger partial charge >= 0.3 is 11.9 Å². The zero-order valence-electron chi connectivity index (χ0n) is 26.3. The number of aliphatic carboxylic acids is 1. The summed E-state index contributed by atoms with van der Waals surface area (Å²) >= 11 is 0. The van der Waals surface area contributed by atoms with E-state index in [0.717, 1.165) is 64.2 Å². The van der Waals surface area contributed by atoms with Crippen LogP contribution in [0.3, 0.4) is 0 Å². The average Bonchev–Trinajstić information content (AvgIpc) is 2.86. The molecule has 0 heterocycles. The van der Waals surface area contributed by atoms with Crippen molar-refractivity contribution in [2.45, 2.75) is 138 Å². The Morgan fingerprint density at radius 2 is 1.68 bits per heavy atom. The summed E-state index contributed by atoms with van der Waals surface area (Å²) in [4.78, 5) is 25.6. The fourth-order valence-electron chi connectivity index (χ4n) is 11.4. The van der Waals surface area contributed by atoms with Gasteiger partial charge in [-0.1, -0.05) is 60.1 Å². The molecule has 0 spiro atoms. The smallest absolute Gasteiger partial charge is 0.310 e. The van der Waals surface area contributed by atoms with E-state index in [0.29, 0.717) is 31.1 Å². The van der Waals surface area contributed by atoms with Gasteiger partial charge in [0.25, 0.3) is 0 Å². The Morgan fingerprint density at radius 1 is 0.975 bits per heavy atom. The van der Waals surface area contributed by atoms with Crippen LogP contribution in [0.2, 0.25) is 0 Å². The van der Waals surface area contributed by atoms with E-state index in [1.165, 1.54) is 5.57 Å². The molecule has 0 saturated heterocycles. The van der Waals surface area contributed by atoms with Crippen molar-refractivity contribution < 1.29 is 19.4 Å². The van der Waals surface area contributed by atoms with E-state index in [-0.39, 0.29) is 45.1 Å². The van der Waals surface area contributed by atoms with Crippen LogP contribution in [0.1, 0.15) is 132 Å². The number of allylic oxidation sites excluding steroid dienone is 2. The minimum atomic E-state index is -0.588. The molecule has 222 valence electrons. The van der Waals surface area contributed by atoms with Gasteiger partial charge in [0.15, 0.2) is 0 Å². The Morgan fingerprint density at radius 3 is 2.35 bits per heavy atom. The van der Waals surface area contributed by atoms with Crippen molar-refractivity contribution in [3.63, 3.8) is 0 Å². The van der Waals surface area contributed by atoms with Crippen molar-refractivity contribution in [3.8, 4) is 12.3 Å². The topological polar surface area (TPSA) is 63.6 Å². The van der Waals surface area contributed by atoms with E-state index in [9.17, 15) is 14.7 Å². The van der Waals surface area contributed by atoms with Gasteiger partial charge < -0.3 is 9.84 Å². The summed E-state index contributed by atoms with van der Waals surface area (Å²) in [7, 11) is 0. The molecule has 0 amide bonds. The Kier molecular flexibility index (Phi) is 7.16. The number of fused-ring (bicyclic) bond motifs is 7. The maximum absolute atomic E-state index is 12.9. The Hall–Kier alpha value is -1.76. The molecular weight excluding hydrogens is 496 g/mol. The molecule has 0 aliphatic heterocycles. The molecule has 0 aromatic rings. The number of terminal acetylenes is 1. The number of ether oxygens (including phenoxy) is 1. The van der Waals surface area contributed by atoms with Gasteiger partial charge in [0, 0.05) is 18.3 Å². The standard InChI is InChI=1S/C36H54O4/c1-9-10-11-12-29(37)40-28-16-17-33(6)26(32(28,4)5)15-18-35(8)27(33)14-13-24-25-23-31(2,3)19-21-36(25,30(38)39)22-20-34(24,35)7/h1,13,25-28H,10-12,14-23H2,2-8H3,(H,38,39)/t25-,26-,27+,28-,33-,34+,35+,36-/m0/s1. The van der Waals surface area contributed by atoms with Crippen molar-refractivity contribution >= 4 is 11.9 Å². The summed E-state index contributed by atoms with van der Waals surface area (Å²) in [6.07, 6.45) is 19.5. The number of hydrogen-bond acceptors (Lipinski definition) is 3. The SMILES string of the molecule is C#CCCCC(=O)O[C@H]1CC[C@]2(C)[C@H]3CC=C4[C@@H]5CC(C)(C)CC[C@]5(C(=O)O)CC[C@@]4(C)[C@]3(C)CC[C@H]2C1(C)C. The normalized spacial score (nSPS) is 44.9. The van der Waals surface area contributed by atoms with Crippen LogP contribution in [0.4, 0.5) is 0 Å². The Balaban J connectivity index is 1.45. The van der Waals surface area contributed by atoms with Crippen molar-refractivity contribution in [1.82, 2.24) is 0 Å². The zero-order chi connectivity index (χ0) is 29.4. The van der Waals surface area contributed by atoms with E-state index in [2.05, 4.69) is 60.5 Å². The molecule has 1 N–H and O–H groups in total. The summed E-state index contributed by atoms with van der Waals surface area (Å²) in [6.45, 7) is 17.0. The van der Waals surface area contributed by atoms with Gasteiger partial charge in [0.1, 0.15) is 6.10 Å². The molecule has 0 radical (unpaired) electrons. The quantitative estimate of drug-likeness (QED) is 0.161. The van der Waals surface area contributed by atoms with Crippen LogP contribution in [-0.2, 0) is 14.3 Å². The molecule has 4 heteroatoms. The lowest BCUT2D eigenvalue weighted by Crippen LogP contribution is -2.65. The van der Waals surface area contributed by atoms with Gasteiger partial charge in [-0.3, -0.25) is 9.59 Å². The Labute approximate surface area is 243 Å². The minimum Gasteiger partial charge on any atom is -0.481 e. The highest BCUT2D eigenvalue weighted by molar-refractivity contribution is 5.76. The summed E-state index contributed by atoms with van der Waals surface area (Å²) in [5.74, 6) is 3.15. The highest BCUT2D eigenvalue weighted by atomic mass is 16.5. The van der Waals surface area contributed by atoms with Gasteiger partial charge in [-0.05, 0) is 110 Å². The first kappa shape index (κ1) is 29.7. The second-order valence-electron chi connectivity index (χ2n) is 16.6. The number of carbonyl (C=O) groups excluding carboxylic acids is 1. The van der Waals surface area contributed by atoms with E-state index in [1.54, 1.807) is 0 Å². The predicted molar refractivity (Wildman–Crippen MR) is 159 cm³/mol. The van der Waals surface area contributed by atoms with Crippen LogP contribution in [0.5, 0.6) is 0 Å². The number of esters is 1. The molecular formula is C36H54O4. The van der Waals surface area contributed by atoms with Crippen LogP contribution in [0.25, 0.3) is 0 Å². The van der Waals surface area contributed by atoms with Gasteiger partial charge in [-0.2, -0.15) is 0 Å². The molecule has 0 unspecified atom stereocenters. The molecule has 0 bridgehead atoms. The van der Waals surface area contributed by atoms with Crippen molar-refractivity contribution in [3.05, 3.63) is 11.6 Å². The molecule has 5 rings (SSSR count). The molecule has 40 heavy (non-hydrogen) atoms.